The van der Waals surface area contributed by atoms with E-state index in [0.717, 1.165) is 73.9 Å². The van der Waals surface area contributed by atoms with Crippen LogP contribution in [0.4, 0.5) is 20.7 Å². The molecule has 7 nitrogen and oxygen atoms in total. The lowest BCUT2D eigenvalue weighted by Crippen LogP contribution is -2.47. The van der Waals surface area contributed by atoms with E-state index in [1.165, 1.54) is 12.1 Å². The number of hydrogen-bond acceptors (Lipinski definition) is 4. The number of nitrogens with one attached hydrogen (secondary N) is 1. The summed E-state index contributed by atoms with van der Waals surface area (Å²) in [6, 6.07) is 14.5. The molecule has 1 aliphatic heterocycles. The number of halogens is 1. The lowest BCUT2D eigenvalue weighted by Gasteiger charge is -2.36. The van der Waals surface area contributed by atoms with Crippen molar-refractivity contribution < 1.29 is 9.18 Å². The molecule has 1 saturated carbocycles. The van der Waals surface area contributed by atoms with Gasteiger partial charge in [0.1, 0.15) is 11.6 Å². The lowest BCUT2D eigenvalue weighted by atomic mass is 10.2. The first-order chi connectivity index (χ1) is 17.4. The Bertz CT molecular complexity index is 1230. The molecule has 2 heterocycles. The number of aromatic nitrogens is 2. The predicted molar refractivity (Wildman–Crippen MR) is 141 cm³/mol. The molecular formula is C28H35FN6O. The van der Waals surface area contributed by atoms with Crippen molar-refractivity contribution in [3.63, 3.8) is 0 Å². The predicted octanol–water partition coefficient (Wildman–Crippen LogP) is 4.97. The molecule has 0 bridgehead atoms. The fourth-order valence-electron chi connectivity index (χ4n) is 4.94. The summed E-state index contributed by atoms with van der Waals surface area (Å²) < 4.78 is 16.0. The van der Waals surface area contributed by atoms with Crippen LogP contribution in [-0.4, -0.2) is 64.4 Å². The van der Waals surface area contributed by atoms with Crippen LogP contribution < -0.4 is 10.2 Å². The van der Waals surface area contributed by atoms with Crippen molar-refractivity contribution in [3.8, 4) is 5.69 Å². The Balaban J connectivity index is 1.49. The summed E-state index contributed by atoms with van der Waals surface area (Å²) >= 11 is 0. The molecule has 0 atom stereocenters. The summed E-state index contributed by atoms with van der Waals surface area (Å²) in [5.74, 6) is 0.671. The van der Waals surface area contributed by atoms with Crippen molar-refractivity contribution in [2.75, 3.05) is 42.9 Å². The number of urea groups is 1. The molecule has 2 fully saturated rings. The standard InChI is InChI=1S/C28H35FN6O/c1-4-32-14-16-33(17-15-32)27-25(21(3)31-35(27)24-10-7-9-22(29)18-24)19-34(23-12-13-23)28(36)30-26-11-6-5-8-20(26)2/h5-11,18,23H,4,12-17,19H2,1-3H3,(H,30,36). The summed E-state index contributed by atoms with van der Waals surface area (Å²) in [5, 5.41) is 7.98. The van der Waals surface area contributed by atoms with Crippen LogP contribution in [0.25, 0.3) is 5.69 Å². The SMILES string of the molecule is CCN1CCN(c2c(CN(C(=O)Nc3ccccc3C)C3CC3)c(C)nn2-c2cccc(F)c2)CC1. The molecule has 5 rings (SSSR count). The first-order valence-corrected chi connectivity index (χ1v) is 12.9. The summed E-state index contributed by atoms with van der Waals surface area (Å²) in [5.41, 5.74) is 4.44. The third-order valence-electron chi connectivity index (χ3n) is 7.29. The highest BCUT2D eigenvalue weighted by Crippen LogP contribution is 2.34. The van der Waals surface area contributed by atoms with Crippen LogP contribution in [0.5, 0.6) is 0 Å². The van der Waals surface area contributed by atoms with Gasteiger partial charge < -0.3 is 20.0 Å². The number of nitrogens with zero attached hydrogens (tertiary/aromatic N) is 5. The van der Waals surface area contributed by atoms with Gasteiger partial charge in [0.05, 0.1) is 17.9 Å². The van der Waals surface area contributed by atoms with E-state index in [0.29, 0.717) is 12.2 Å². The maximum absolute atomic E-state index is 14.2. The number of piperazine rings is 1. The largest absolute Gasteiger partial charge is 0.354 e. The first kappa shape index (κ1) is 24.3. The van der Waals surface area contributed by atoms with Crippen LogP contribution in [-0.2, 0) is 6.54 Å². The molecule has 1 saturated heterocycles. The fourth-order valence-corrected chi connectivity index (χ4v) is 4.94. The summed E-state index contributed by atoms with van der Waals surface area (Å²) in [6.45, 7) is 11.3. The Hall–Kier alpha value is -3.39. The van der Waals surface area contributed by atoms with E-state index >= 15 is 0 Å². The van der Waals surface area contributed by atoms with Gasteiger partial charge in [-0.2, -0.15) is 5.10 Å². The molecule has 0 spiro atoms. The van der Waals surface area contributed by atoms with Gasteiger partial charge in [-0.25, -0.2) is 13.9 Å². The monoisotopic (exact) mass is 490 g/mol. The molecule has 2 aromatic carbocycles. The topological polar surface area (TPSA) is 56.6 Å². The van der Waals surface area contributed by atoms with Gasteiger partial charge in [0.15, 0.2) is 0 Å². The highest BCUT2D eigenvalue weighted by Gasteiger charge is 2.35. The van der Waals surface area contributed by atoms with Crippen LogP contribution in [0.15, 0.2) is 48.5 Å². The van der Waals surface area contributed by atoms with E-state index in [1.54, 1.807) is 6.07 Å². The van der Waals surface area contributed by atoms with Crippen molar-refractivity contribution in [3.05, 3.63) is 71.2 Å². The number of para-hydroxylation sites is 1. The van der Waals surface area contributed by atoms with E-state index in [4.69, 9.17) is 5.10 Å². The maximum Gasteiger partial charge on any atom is 0.322 e. The van der Waals surface area contributed by atoms with Crippen molar-refractivity contribution in [1.29, 1.82) is 0 Å². The molecule has 2 amide bonds. The van der Waals surface area contributed by atoms with Gasteiger partial charge in [-0.1, -0.05) is 31.2 Å². The van der Waals surface area contributed by atoms with E-state index in [1.807, 2.05) is 53.8 Å². The number of anilines is 2. The Labute approximate surface area is 212 Å². The molecular weight excluding hydrogens is 455 g/mol. The van der Waals surface area contributed by atoms with Crippen molar-refractivity contribution in [2.45, 2.75) is 46.2 Å². The summed E-state index contributed by atoms with van der Waals surface area (Å²) in [4.78, 5) is 20.2. The smallest absolute Gasteiger partial charge is 0.322 e. The van der Waals surface area contributed by atoms with Gasteiger partial charge in [-0.15, -0.1) is 0 Å². The number of benzene rings is 2. The first-order valence-electron chi connectivity index (χ1n) is 12.9. The Kier molecular flexibility index (Phi) is 6.96. The second-order valence-corrected chi connectivity index (χ2v) is 9.80. The molecule has 1 aliphatic carbocycles. The van der Waals surface area contributed by atoms with Gasteiger partial charge >= 0.3 is 6.03 Å². The number of likely N-dealkylation sites (N-methyl/N-ethyl adjacent to an activating group) is 1. The van der Waals surface area contributed by atoms with Crippen molar-refractivity contribution in [2.24, 2.45) is 0 Å². The summed E-state index contributed by atoms with van der Waals surface area (Å²) in [6.07, 6.45) is 2.01. The maximum atomic E-state index is 14.2. The molecule has 190 valence electrons. The number of carbonyl (C=O) groups is 1. The number of amides is 2. The number of hydrogen-bond donors (Lipinski definition) is 1. The minimum atomic E-state index is -0.291. The highest BCUT2D eigenvalue weighted by atomic mass is 19.1. The minimum absolute atomic E-state index is 0.0912. The molecule has 1 aromatic heterocycles. The Morgan fingerprint density at radius 2 is 1.83 bits per heavy atom. The van der Waals surface area contributed by atoms with Crippen LogP contribution in [0.1, 0.15) is 36.6 Å². The normalized spacial score (nSPS) is 16.3. The van der Waals surface area contributed by atoms with Crippen LogP contribution in [0.3, 0.4) is 0 Å². The zero-order valence-corrected chi connectivity index (χ0v) is 21.4. The van der Waals surface area contributed by atoms with Gasteiger partial charge in [-0.05, 0) is 63.1 Å². The molecule has 1 N–H and O–H groups in total. The van der Waals surface area contributed by atoms with Crippen LogP contribution in [0, 0.1) is 19.7 Å². The zero-order valence-electron chi connectivity index (χ0n) is 21.4. The molecule has 0 radical (unpaired) electrons. The number of aryl methyl sites for hydroxylation is 2. The van der Waals surface area contributed by atoms with Gasteiger partial charge in [-0.3, -0.25) is 0 Å². The van der Waals surface area contributed by atoms with E-state index in [9.17, 15) is 9.18 Å². The van der Waals surface area contributed by atoms with Crippen LogP contribution >= 0.6 is 0 Å². The zero-order chi connectivity index (χ0) is 25.2. The lowest BCUT2D eigenvalue weighted by molar-refractivity contribution is 0.206. The minimum Gasteiger partial charge on any atom is -0.354 e. The molecule has 0 unspecified atom stereocenters. The second kappa shape index (κ2) is 10.3. The number of carbonyl (C=O) groups excluding carboxylic acids is 1. The fraction of sp³-hybridized carbons (Fsp3) is 0.429. The van der Waals surface area contributed by atoms with E-state index in [2.05, 4.69) is 22.0 Å². The van der Waals surface area contributed by atoms with Crippen molar-refractivity contribution >= 4 is 17.5 Å². The Morgan fingerprint density at radius 1 is 1.08 bits per heavy atom. The van der Waals surface area contributed by atoms with Gasteiger partial charge in [0.2, 0.25) is 0 Å². The van der Waals surface area contributed by atoms with E-state index in [-0.39, 0.29) is 17.9 Å². The number of rotatable bonds is 7. The highest BCUT2D eigenvalue weighted by molar-refractivity contribution is 5.90. The van der Waals surface area contributed by atoms with Crippen LogP contribution in [0.2, 0.25) is 0 Å². The average Bonchev–Trinajstić information content (AvgIpc) is 3.67. The molecule has 2 aliphatic rings. The third-order valence-corrected chi connectivity index (χ3v) is 7.29. The Morgan fingerprint density at radius 3 is 2.50 bits per heavy atom. The second-order valence-electron chi connectivity index (χ2n) is 9.80. The quantitative estimate of drug-likeness (QED) is 0.508. The average molecular weight is 491 g/mol. The van der Waals surface area contributed by atoms with Gasteiger partial charge in [0.25, 0.3) is 0 Å². The molecule has 36 heavy (non-hydrogen) atoms. The summed E-state index contributed by atoms with van der Waals surface area (Å²) in [7, 11) is 0. The van der Waals surface area contributed by atoms with Crippen molar-refractivity contribution in [1.82, 2.24) is 19.6 Å². The molecule has 3 aromatic rings. The third kappa shape index (κ3) is 5.09. The molecule has 8 heteroatoms. The van der Waals surface area contributed by atoms with Gasteiger partial charge in [0, 0.05) is 43.5 Å². The van der Waals surface area contributed by atoms with E-state index < -0.39 is 0 Å².